The van der Waals surface area contributed by atoms with Gasteiger partial charge in [-0.2, -0.15) is 0 Å². The number of aromatic nitrogens is 1. The molecular weight excluding hydrogens is 256 g/mol. The van der Waals surface area contributed by atoms with Gasteiger partial charge in [0.05, 0.1) is 13.2 Å². The van der Waals surface area contributed by atoms with Crippen molar-refractivity contribution >= 4 is 11.3 Å². The zero-order chi connectivity index (χ0) is 13.7. The second kappa shape index (κ2) is 6.68. The third kappa shape index (κ3) is 3.78. The summed E-state index contributed by atoms with van der Waals surface area (Å²) >= 11 is 1.79. The van der Waals surface area contributed by atoms with Crippen LogP contribution in [0.5, 0.6) is 5.75 Å². The van der Waals surface area contributed by atoms with Gasteiger partial charge in [0.1, 0.15) is 10.8 Å². The van der Waals surface area contributed by atoms with Crippen molar-refractivity contribution in [3.8, 4) is 5.75 Å². The van der Waals surface area contributed by atoms with Crippen LogP contribution in [0.3, 0.4) is 0 Å². The van der Waals surface area contributed by atoms with Crippen molar-refractivity contribution in [2.24, 2.45) is 0 Å². The van der Waals surface area contributed by atoms with Crippen LogP contribution in [0.25, 0.3) is 0 Å². The molecule has 0 amide bonds. The maximum absolute atomic E-state index is 5.23. The van der Waals surface area contributed by atoms with Crippen molar-refractivity contribution < 1.29 is 4.74 Å². The molecule has 0 spiro atoms. The average Bonchev–Trinajstić information content (AvgIpc) is 2.94. The molecule has 4 heteroatoms. The van der Waals surface area contributed by atoms with Crippen molar-refractivity contribution in [2.75, 3.05) is 7.11 Å². The summed E-state index contributed by atoms with van der Waals surface area (Å²) in [4.78, 5) is 5.80. The molecule has 0 radical (unpaired) electrons. The number of nitrogens with one attached hydrogen (secondary N) is 1. The quantitative estimate of drug-likeness (QED) is 0.876. The predicted molar refractivity (Wildman–Crippen MR) is 79.7 cm³/mol. The Morgan fingerprint density at radius 2 is 2.26 bits per heavy atom. The first-order valence-electron chi connectivity index (χ1n) is 6.53. The Kier molecular flexibility index (Phi) is 4.93. The Hall–Kier alpha value is -1.39. The Balaban J connectivity index is 1.93. The van der Waals surface area contributed by atoms with Crippen molar-refractivity contribution in [1.82, 2.24) is 10.3 Å². The molecule has 0 saturated carbocycles. The molecule has 0 aliphatic heterocycles. The molecule has 0 aliphatic rings. The minimum absolute atomic E-state index is 0.275. The van der Waals surface area contributed by atoms with E-state index in [2.05, 4.69) is 36.3 Å². The number of benzene rings is 1. The third-order valence-electron chi connectivity index (χ3n) is 3.04. The molecule has 1 heterocycles. The molecule has 1 atom stereocenters. The van der Waals surface area contributed by atoms with Gasteiger partial charge >= 0.3 is 0 Å². The van der Waals surface area contributed by atoms with E-state index in [1.165, 1.54) is 10.4 Å². The molecule has 0 fully saturated rings. The number of nitrogens with zero attached hydrogens (tertiary/aromatic N) is 1. The summed E-state index contributed by atoms with van der Waals surface area (Å²) in [6.07, 6.45) is 3.03. The predicted octanol–water partition coefficient (Wildman–Crippen LogP) is 3.56. The molecular formula is C15H20N2OS. The first-order valence-corrected chi connectivity index (χ1v) is 7.35. The molecule has 0 saturated heterocycles. The van der Waals surface area contributed by atoms with Crippen LogP contribution in [0, 0.1) is 0 Å². The van der Waals surface area contributed by atoms with E-state index >= 15 is 0 Å². The maximum atomic E-state index is 5.23. The molecule has 2 rings (SSSR count). The number of ether oxygens (including phenoxy) is 1. The van der Waals surface area contributed by atoms with Crippen LogP contribution in [-0.4, -0.2) is 12.1 Å². The molecule has 19 heavy (non-hydrogen) atoms. The maximum Gasteiger partial charge on any atom is 0.119 e. The van der Waals surface area contributed by atoms with Gasteiger partial charge in [0.15, 0.2) is 0 Å². The lowest BCUT2D eigenvalue weighted by Crippen LogP contribution is -2.17. The number of hydrogen-bond acceptors (Lipinski definition) is 4. The number of methoxy groups -OCH3 is 1. The molecule has 2 aromatic rings. The summed E-state index contributed by atoms with van der Waals surface area (Å²) in [5.41, 5.74) is 1.22. The molecule has 1 unspecified atom stereocenters. The highest BCUT2D eigenvalue weighted by Crippen LogP contribution is 2.21. The van der Waals surface area contributed by atoms with Gasteiger partial charge in [-0.05, 0) is 31.0 Å². The van der Waals surface area contributed by atoms with Gasteiger partial charge in [-0.3, -0.25) is 0 Å². The second-order valence-electron chi connectivity index (χ2n) is 4.47. The lowest BCUT2D eigenvalue weighted by molar-refractivity contribution is 0.414. The summed E-state index contributed by atoms with van der Waals surface area (Å²) in [6.45, 7) is 5.13. The first-order chi connectivity index (χ1) is 9.22. The fourth-order valence-corrected chi connectivity index (χ4v) is 2.71. The van der Waals surface area contributed by atoms with Crippen LogP contribution < -0.4 is 10.1 Å². The van der Waals surface area contributed by atoms with Crippen LogP contribution in [0.1, 0.15) is 35.3 Å². The van der Waals surface area contributed by atoms with Gasteiger partial charge in [-0.1, -0.05) is 19.1 Å². The van der Waals surface area contributed by atoms with Crippen LogP contribution in [0.4, 0.5) is 0 Å². The monoisotopic (exact) mass is 276 g/mol. The van der Waals surface area contributed by atoms with Gasteiger partial charge in [0, 0.05) is 17.6 Å². The van der Waals surface area contributed by atoms with Crippen molar-refractivity contribution in [3.05, 3.63) is 45.9 Å². The van der Waals surface area contributed by atoms with Crippen molar-refractivity contribution in [2.45, 2.75) is 32.9 Å². The van der Waals surface area contributed by atoms with Crippen LogP contribution >= 0.6 is 11.3 Å². The van der Waals surface area contributed by atoms with E-state index in [1.54, 1.807) is 18.4 Å². The van der Waals surface area contributed by atoms with E-state index in [4.69, 9.17) is 4.74 Å². The number of aryl methyl sites for hydroxylation is 1. The minimum atomic E-state index is 0.275. The van der Waals surface area contributed by atoms with E-state index in [9.17, 15) is 0 Å². The Morgan fingerprint density at radius 1 is 1.42 bits per heavy atom. The lowest BCUT2D eigenvalue weighted by atomic mass is 10.2. The highest BCUT2D eigenvalue weighted by molar-refractivity contribution is 7.11. The zero-order valence-electron chi connectivity index (χ0n) is 11.6. The smallest absolute Gasteiger partial charge is 0.119 e. The van der Waals surface area contributed by atoms with Gasteiger partial charge in [-0.25, -0.2) is 4.98 Å². The van der Waals surface area contributed by atoms with Gasteiger partial charge in [0.25, 0.3) is 0 Å². The van der Waals surface area contributed by atoms with Crippen LogP contribution in [0.2, 0.25) is 0 Å². The van der Waals surface area contributed by atoms with E-state index < -0.39 is 0 Å². The second-order valence-corrected chi connectivity index (χ2v) is 5.62. The lowest BCUT2D eigenvalue weighted by Gasteiger charge is -2.11. The number of thiazole rings is 1. The third-order valence-corrected chi connectivity index (χ3v) is 4.36. The summed E-state index contributed by atoms with van der Waals surface area (Å²) in [5, 5.41) is 4.65. The van der Waals surface area contributed by atoms with E-state index in [0.717, 1.165) is 23.7 Å². The number of hydrogen-bond donors (Lipinski definition) is 1. The molecule has 0 aliphatic carbocycles. The Labute approximate surface area is 118 Å². The standard InChI is InChI=1S/C15H20N2OS/c1-4-14-10-17-15(19-14)11(2)16-9-12-6-5-7-13(8-12)18-3/h5-8,10-11,16H,4,9H2,1-3H3. The molecule has 1 aromatic carbocycles. The summed E-state index contributed by atoms with van der Waals surface area (Å²) in [7, 11) is 1.69. The van der Waals surface area contributed by atoms with Gasteiger partial charge in [-0.15, -0.1) is 11.3 Å². The van der Waals surface area contributed by atoms with E-state index in [0.29, 0.717) is 0 Å². The largest absolute Gasteiger partial charge is 0.497 e. The SMILES string of the molecule is CCc1cnc(C(C)NCc2cccc(OC)c2)s1. The zero-order valence-corrected chi connectivity index (χ0v) is 12.5. The molecule has 3 nitrogen and oxygen atoms in total. The van der Waals surface area contributed by atoms with Crippen molar-refractivity contribution in [1.29, 1.82) is 0 Å². The summed E-state index contributed by atoms with van der Waals surface area (Å²) in [5.74, 6) is 0.898. The first kappa shape index (κ1) is 14.0. The molecule has 0 bridgehead atoms. The van der Waals surface area contributed by atoms with E-state index in [1.807, 2.05) is 18.3 Å². The summed E-state index contributed by atoms with van der Waals surface area (Å²) < 4.78 is 5.23. The van der Waals surface area contributed by atoms with Crippen LogP contribution in [-0.2, 0) is 13.0 Å². The molecule has 1 aromatic heterocycles. The summed E-state index contributed by atoms with van der Waals surface area (Å²) in [6, 6.07) is 8.40. The Morgan fingerprint density at radius 3 is 2.95 bits per heavy atom. The molecule has 1 N–H and O–H groups in total. The average molecular weight is 276 g/mol. The topological polar surface area (TPSA) is 34.2 Å². The molecule has 102 valence electrons. The van der Waals surface area contributed by atoms with Gasteiger partial charge in [0.2, 0.25) is 0 Å². The normalized spacial score (nSPS) is 12.4. The fourth-order valence-electron chi connectivity index (χ4n) is 1.83. The van der Waals surface area contributed by atoms with Crippen molar-refractivity contribution in [3.63, 3.8) is 0 Å². The van der Waals surface area contributed by atoms with Gasteiger partial charge < -0.3 is 10.1 Å². The highest BCUT2D eigenvalue weighted by atomic mass is 32.1. The number of rotatable bonds is 6. The fraction of sp³-hybridized carbons (Fsp3) is 0.400. The Bertz CT molecular complexity index is 524. The van der Waals surface area contributed by atoms with Crippen LogP contribution in [0.15, 0.2) is 30.5 Å². The minimum Gasteiger partial charge on any atom is -0.497 e. The van der Waals surface area contributed by atoms with E-state index in [-0.39, 0.29) is 6.04 Å². The highest BCUT2D eigenvalue weighted by Gasteiger charge is 2.09.